The Bertz CT molecular complexity index is 1610. The lowest BCUT2D eigenvalue weighted by molar-refractivity contribution is 0.414. The monoisotopic (exact) mass is 508 g/mol. The van der Waals surface area contributed by atoms with E-state index in [4.69, 9.17) is 29.9 Å². The van der Waals surface area contributed by atoms with Crippen LogP contribution in [0, 0.1) is 11.3 Å². The van der Waals surface area contributed by atoms with Crippen LogP contribution in [0.1, 0.15) is 11.3 Å². The summed E-state index contributed by atoms with van der Waals surface area (Å²) in [5.74, 6) is 3.29. The molecule has 5 aromatic rings. The van der Waals surface area contributed by atoms with E-state index in [-0.39, 0.29) is 5.88 Å². The molecular formula is C30H21ClN2O4. The molecular weight excluding hydrogens is 488 g/mol. The van der Waals surface area contributed by atoms with Gasteiger partial charge in [-0.1, -0.05) is 35.9 Å². The van der Waals surface area contributed by atoms with Crippen molar-refractivity contribution in [1.29, 1.82) is 5.26 Å². The van der Waals surface area contributed by atoms with Gasteiger partial charge in [-0.2, -0.15) is 5.26 Å². The molecule has 0 saturated carbocycles. The van der Waals surface area contributed by atoms with Crippen molar-refractivity contribution in [3.63, 3.8) is 0 Å². The standard InChI is InChI=1S/C30H21ClN2O4/c1-34-23-10-6-19(7-11-23)28-26(17-32)30(37-29(28)20-8-12-24(35-2)13-9-20)33-18-25-14-15-27(36-25)21-4-3-5-22(31)16-21/h3-16,18H,1-2H3. The number of halogens is 1. The number of hydrogen-bond donors (Lipinski definition) is 0. The number of benzene rings is 3. The summed E-state index contributed by atoms with van der Waals surface area (Å²) in [4.78, 5) is 4.49. The molecule has 6 nitrogen and oxygen atoms in total. The summed E-state index contributed by atoms with van der Waals surface area (Å²) in [5, 5.41) is 10.7. The van der Waals surface area contributed by atoms with E-state index in [1.807, 2.05) is 72.8 Å². The van der Waals surface area contributed by atoms with Crippen LogP contribution in [-0.4, -0.2) is 20.4 Å². The first-order chi connectivity index (χ1) is 18.1. The third-order valence-electron chi connectivity index (χ3n) is 5.78. The smallest absolute Gasteiger partial charge is 0.238 e. The fraction of sp³-hybridized carbons (Fsp3) is 0.0667. The molecule has 3 aromatic carbocycles. The minimum atomic E-state index is 0.180. The van der Waals surface area contributed by atoms with E-state index in [2.05, 4.69) is 11.1 Å². The molecule has 0 aliphatic rings. The van der Waals surface area contributed by atoms with E-state index in [1.165, 1.54) is 6.21 Å². The van der Waals surface area contributed by atoms with Crippen molar-refractivity contribution in [2.75, 3.05) is 14.2 Å². The van der Waals surface area contributed by atoms with E-state index >= 15 is 0 Å². The summed E-state index contributed by atoms with van der Waals surface area (Å²) >= 11 is 6.10. The zero-order valence-corrected chi connectivity index (χ0v) is 20.8. The van der Waals surface area contributed by atoms with Gasteiger partial charge in [0.2, 0.25) is 5.88 Å². The SMILES string of the molecule is COc1ccc(-c2oc(N=Cc3ccc(-c4cccc(Cl)c4)o3)c(C#N)c2-c2ccc(OC)cc2)cc1. The van der Waals surface area contributed by atoms with Crippen LogP contribution >= 0.6 is 11.6 Å². The molecule has 0 fully saturated rings. The third kappa shape index (κ3) is 4.99. The maximum Gasteiger partial charge on any atom is 0.238 e. The van der Waals surface area contributed by atoms with Gasteiger partial charge < -0.3 is 18.3 Å². The second-order valence-electron chi connectivity index (χ2n) is 8.03. The van der Waals surface area contributed by atoms with E-state index in [0.29, 0.717) is 44.9 Å². The molecule has 0 unspecified atom stereocenters. The normalized spacial score (nSPS) is 11.0. The molecule has 0 radical (unpaired) electrons. The van der Waals surface area contributed by atoms with Crippen LogP contribution in [0.4, 0.5) is 5.88 Å². The second-order valence-corrected chi connectivity index (χ2v) is 8.46. The van der Waals surface area contributed by atoms with E-state index in [1.54, 1.807) is 26.4 Å². The quantitative estimate of drug-likeness (QED) is 0.207. The molecule has 0 amide bonds. The van der Waals surface area contributed by atoms with E-state index < -0.39 is 0 Å². The Kier molecular flexibility index (Phi) is 6.80. The van der Waals surface area contributed by atoms with Crippen molar-refractivity contribution in [2.45, 2.75) is 0 Å². The number of rotatable bonds is 7. The van der Waals surface area contributed by atoms with Crippen molar-refractivity contribution in [3.05, 3.63) is 101 Å². The first kappa shape index (κ1) is 24.0. The average molecular weight is 509 g/mol. The summed E-state index contributed by atoms with van der Waals surface area (Å²) in [6.07, 6.45) is 1.53. The number of nitrogens with zero attached hydrogens (tertiary/aromatic N) is 2. The van der Waals surface area contributed by atoms with Gasteiger partial charge in [0.05, 0.1) is 20.4 Å². The number of nitriles is 1. The van der Waals surface area contributed by atoms with E-state index in [9.17, 15) is 5.26 Å². The highest BCUT2D eigenvalue weighted by Crippen LogP contribution is 2.43. The van der Waals surface area contributed by atoms with Crippen LogP contribution in [0.3, 0.4) is 0 Å². The Morgan fingerprint density at radius 1 is 0.811 bits per heavy atom. The van der Waals surface area contributed by atoms with Crippen LogP contribution in [0.15, 0.2) is 98.8 Å². The number of hydrogen-bond acceptors (Lipinski definition) is 6. The molecule has 7 heteroatoms. The van der Waals surface area contributed by atoms with Crippen molar-refractivity contribution >= 4 is 23.7 Å². The highest BCUT2D eigenvalue weighted by atomic mass is 35.5. The first-order valence-corrected chi connectivity index (χ1v) is 11.7. The largest absolute Gasteiger partial charge is 0.497 e. The minimum absolute atomic E-state index is 0.180. The molecule has 2 heterocycles. The summed E-state index contributed by atoms with van der Waals surface area (Å²) in [6.45, 7) is 0. The molecule has 5 rings (SSSR count). The minimum Gasteiger partial charge on any atom is -0.497 e. The molecule has 0 N–H and O–H groups in total. The zero-order chi connectivity index (χ0) is 25.8. The Hall–Kier alpha value is -4.73. The molecule has 0 bridgehead atoms. The van der Waals surface area contributed by atoms with Crippen molar-refractivity contribution in [1.82, 2.24) is 0 Å². The molecule has 37 heavy (non-hydrogen) atoms. The van der Waals surface area contributed by atoms with Crippen LogP contribution in [0.2, 0.25) is 5.02 Å². The summed E-state index contributed by atoms with van der Waals surface area (Å²) in [5.41, 5.74) is 3.39. The molecule has 0 aliphatic heterocycles. The van der Waals surface area contributed by atoms with Crippen molar-refractivity contribution in [2.24, 2.45) is 4.99 Å². The predicted molar refractivity (Wildman–Crippen MR) is 144 cm³/mol. The fourth-order valence-corrected chi connectivity index (χ4v) is 4.12. The lowest BCUT2D eigenvalue weighted by Crippen LogP contribution is -1.86. The molecule has 182 valence electrons. The number of aliphatic imine (C=N–C) groups is 1. The van der Waals surface area contributed by atoms with Gasteiger partial charge in [-0.05, 0) is 66.2 Å². The predicted octanol–water partition coefficient (Wildman–Crippen LogP) is 8.17. The van der Waals surface area contributed by atoms with Gasteiger partial charge >= 0.3 is 0 Å². The molecule has 0 saturated heterocycles. The molecule has 0 atom stereocenters. The van der Waals surface area contributed by atoms with E-state index in [0.717, 1.165) is 16.7 Å². The fourth-order valence-electron chi connectivity index (χ4n) is 3.93. The van der Waals surface area contributed by atoms with Crippen molar-refractivity contribution < 1.29 is 18.3 Å². The van der Waals surface area contributed by atoms with Gasteiger partial charge in [0.1, 0.15) is 40.4 Å². The summed E-state index contributed by atoms with van der Waals surface area (Å²) in [7, 11) is 3.22. The summed E-state index contributed by atoms with van der Waals surface area (Å²) < 4.78 is 22.7. The lowest BCUT2D eigenvalue weighted by atomic mass is 9.98. The van der Waals surface area contributed by atoms with Crippen LogP contribution in [-0.2, 0) is 0 Å². The maximum atomic E-state index is 10.1. The number of methoxy groups -OCH3 is 2. The number of ether oxygens (including phenoxy) is 2. The maximum absolute atomic E-state index is 10.1. The highest BCUT2D eigenvalue weighted by Gasteiger charge is 2.23. The van der Waals surface area contributed by atoms with Gasteiger partial charge in [-0.3, -0.25) is 0 Å². The molecule has 0 aliphatic carbocycles. The van der Waals surface area contributed by atoms with Gasteiger partial charge in [0, 0.05) is 21.7 Å². The topological polar surface area (TPSA) is 80.9 Å². The lowest BCUT2D eigenvalue weighted by Gasteiger charge is -2.06. The van der Waals surface area contributed by atoms with Crippen LogP contribution < -0.4 is 9.47 Å². The van der Waals surface area contributed by atoms with Gasteiger partial charge in [-0.25, -0.2) is 4.99 Å². The Morgan fingerprint density at radius 3 is 2.11 bits per heavy atom. The van der Waals surface area contributed by atoms with Gasteiger partial charge in [0.25, 0.3) is 0 Å². The average Bonchev–Trinajstić information content (AvgIpc) is 3.57. The first-order valence-electron chi connectivity index (χ1n) is 11.3. The van der Waals surface area contributed by atoms with Crippen LogP contribution in [0.5, 0.6) is 11.5 Å². The highest BCUT2D eigenvalue weighted by molar-refractivity contribution is 6.30. The molecule has 2 aromatic heterocycles. The van der Waals surface area contributed by atoms with Gasteiger partial charge in [0.15, 0.2) is 0 Å². The van der Waals surface area contributed by atoms with Crippen molar-refractivity contribution in [3.8, 4) is 51.3 Å². The van der Waals surface area contributed by atoms with Crippen LogP contribution in [0.25, 0.3) is 33.8 Å². The Balaban J connectivity index is 1.57. The summed E-state index contributed by atoms with van der Waals surface area (Å²) in [6, 6.07) is 28.2. The second kappa shape index (κ2) is 10.5. The Labute approximate surface area is 219 Å². The van der Waals surface area contributed by atoms with Gasteiger partial charge in [-0.15, -0.1) is 0 Å². The number of furan rings is 2. The third-order valence-corrected chi connectivity index (χ3v) is 6.01. The molecule has 0 spiro atoms. The zero-order valence-electron chi connectivity index (χ0n) is 20.1. The Morgan fingerprint density at radius 2 is 1.49 bits per heavy atom.